The lowest BCUT2D eigenvalue weighted by Gasteiger charge is -2.08. The Morgan fingerprint density at radius 1 is 1.38 bits per heavy atom. The number of carbonyl (C=O) groups excluding carboxylic acids is 1. The summed E-state index contributed by atoms with van der Waals surface area (Å²) >= 11 is 0. The zero-order valence-electron chi connectivity index (χ0n) is 12.8. The molecule has 21 heavy (non-hydrogen) atoms. The number of benzene rings is 1. The number of nitrogens with one attached hydrogen (secondary N) is 1. The maximum atomic E-state index is 12.0. The van der Waals surface area contributed by atoms with E-state index in [1.165, 1.54) is 0 Å². The molecule has 2 aromatic rings. The van der Waals surface area contributed by atoms with E-state index in [2.05, 4.69) is 36.4 Å². The van der Waals surface area contributed by atoms with E-state index in [1.54, 1.807) is 0 Å². The second kappa shape index (κ2) is 5.35. The fraction of sp³-hybridized carbons (Fsp3) is 0.412. The Balaban J connectivity index is 1.71. The minimum absolute atomic E-state index is 0.144. The van der Waals surface area contributed by atoms with Crippen LogP contribution in [0.1, 0.15) is 30.3 Å². The Bertz CT molecular complexity index is 674. The van der Waals surface area contributed by atoms with Crippen LogP contribution >= 0.6 is 0 Å². The quantitative estimate of drug-likeness (QED) is 0.937. The molecule has 1 aromatic heterocycles. The van der Waals surface area contributed by atoms with Crippen LogP contribution in [0.3, 0.4) is 0 Å². The SMILES string of the molecule is Cc1cc(C)n(Cc2cccc(NC(=O)[C@@H]3C[C@@H]3C)c2)n1. The average Bonchev–Trinajstić information content (AvgIpc) is 3.07. The van der Waals surface area contributed by atoms with Gasteiger partial charge in [-0.3, -0.25) is 9.48 Å². The third-order valence-corrected chi connectivity index (χ3v) is 4.08. The number of hydrogen-bond acceptors (Lipinski definition) is 2. The highest BCUT2D eigenvalue weighted by Gasteiger charge is 2.39. The molecule has 1 aliphatic rings. The van der Waals surface area contributed by atoms with E-state index in [4.69, 9.17) is 0 Å². The van der Waals surface area contributed by atoms with E-state index in [0.29, 0.717) is 5.92 Å². The van der Waals surface area contributed by atoms with Crippen LogP contribution < -0.4 is 5.32 Å². The molecule has 1 aromatic carbocycles. The summed E-state index contributed by atoms with van der Waals surface area (Å²) in [5.74, 6) is 0.873. The zero-order valence-corrected chi connectivity index (χ0v) is 12.8. The second-order valence-corrected chi connectivity index (χ2v) is 6.09. The summed E-state index contributed by atoms with van der Waals surface area (Å²) in [5.41, 5.74) is 4.19. The molecular formula is C17H21N3O. The van der Waals surface area contributed by atoms with Crippen LogP contribution in [0.5, 0.6) is 0 Å². The molecule has 1 amide bonds. The minimum Gasteiger partial charge on any atom is -0.326 e. The van der Waals surface area contributed by atoms with E-state index < -0.39 is 0 Å². The van der Waals surface area contributed by atoms with Gasteiger partial charge >= 0.3 is 0 Å². The van der Waals surface area contributed by atoms with Gasteiger partial charge in [-0.1, -0.05) is 19.1 Å². The third-order valence-electron chi connectivity index (χ3n) is 4.08. The molecular weight excluding hydrogens is 262 g/mol. The summed E-state index contributed by atoms with van der Waals surface area (Å²) in [6.07, 6.45) is 1.01. The van der Waals surface area contributed by atoms with Crippen molar-refractivity contribution >= 4 is 11.6 Å². The predicted molar refractivity (Wildman–Crippen MR) is 83.1 cm³/mol. The number of nitrogens with zero attached hydrogens (tertiary/aromatic N) is 2. The fourth-order valence-corrected chi connectivity index (χ4v) is 2.68. The Morgan fingerprint density at radius 3 is 2.76 bits per heavy atom. The number of rotatable bonds is 4. The van der Waals surface area contributed by atoms with Crippen LogP contribution in [0.2, 0.25) is 0 Å². The van der Waals surface area contributed by atoms with Gasteiger partial charge in [0.1, 0.15) is 0 Å². The molecule has 0 spiro atoms. The van der Waals surface area contributed by atoms with Gasteiger partial charge in [0.2, 0.25) is 5.91 Å². The van der Waals surface area contributed by atoms with Crippen molar-refractivity contribution in [1.29, 1.82) is 0 Å². The molecule has 0 saturated heterocycles. The second-order valence-electron chi connectivity index (χ2n) is 6.09. The molecule has 2 atom stereocenters. The van der Waals surface area contributed by atoms with E-state index in [0.717, 1.165) is 35.6 Å². The lowest BCUT2D eigenvalue weighted by Crippen LogP contribution is -2.14. The summed E-state index contributed by atoms with van der Waals surface area (Å²) in [4.78, 5) is 12.0. The molecule has 0 aliphatic heterocycles. The molecule has 3 rings (SSSR count). The van der Waals surface area contributed by atoms with Crippen molar-refractivity contribution in [3.63, 3.8) is 0 Å². The lowest BCUT2D eigenvalue weighted by molar-refractivity contribution is -0.117. The van der Waals surface area contributed by atoms with Crippen molar-refractivity contribution in [3.05, 3.63) is 47.3 Å². The van der Waals surface area contributed by atoms with Crippen LogP contribution in [0.15, 0.2) is 30.3 Å². The molecule has 0 unspecified atom stereocenters. The normalized spacial score (nSPS) is 20.3. The first-order valence-corrected chi connectivity index (χ1v) is 7.44. The predicted octanol–water partition coefficient (Wildman–Crippen LogP) is 3.14. The summed E-state index contributed by atoms with van der Waals surface area (Å²) in [6.45, 7) is 6.89. The molecule has 0 radical (unpaired) electrons. The average molecular weight is 283 g/mol. The number of hydrogen-bond donors (Lipinski definition) is 1. The molecule has 1 N–H and O–H groups in total. The van der Waals surface area contributed by atoms with Crippen molar-refractivity contribution in [2.24, 2.45) is 11.8 Å². The Morgan fingerprint density at radius 2 is 2.14 bits per heavy atom. The molecule has 0 bridgehead atoms. The molecule has 1 fully saturated rings. The van der Waals surface area contributed by atoms with Crippen molar-refractivity contribution in [1.82, 2.24) is 9.78 Å². The molecule has 110 valence electrons. The highest BCUT2D eigenvalue weighted by atomic mass is 16.2. The standard InChI is InChI=1S/C17H21N3O/c1-11-7-16(11)17(21)18-15-6-4-5-14(9-15)10-20-13(3)8-12(2)19-20/h4-6,8-9,11,16H,7,10H2,1-3H3,(H,18,21)/t11-,16+/m0/s1. The van der Waals surface area contributed by atoms with Gasteiger partial charge in [0.15, 0.2) is 0 Å². The van der Waals surface area contributed by atoms with E-state index in [1.807, 2.05) is 29.8 Å². The topological polar surface area (TPSA) is 46.9 Å². The molecule has 1 heterocycles. The van der Waals surface area contributed by atoms with E-state index in [-0.39, 0.29) is 11.8 Å². The van der Waals surface area contributed by atoms with Crippen molar-refractivity contribution < 1.29 is 4.79 Å². The largest absolute Gasteiger partial charge is 0.326 e. The molecule has 1 aliphatic carbocycles. The summed E-state index contributed by atoms with van der Waals surface area (Å²) in [5, 5.41) is 7.49. The van der Waals surface area contributed by atoms with Gasteiger partial charge in [-0.25, -0.2) is 0 Å². The van der Waals surface area contributed by atoms with Gasteiger partial charge in [-0.2, -0.15) is 5.10 Å². The molecule has 4 heteroatoms. The number of aromatic nitrogens is 2. The number of amides is 1. The monoisotopic (exact) mass is 283 g/mol. The highest BCUT2D eigenvalue weighted by molar-refractivity contribution is 5.94. The highest BCUT2D eigenvalue weighted by Crippen LogP contribution is 2.38. The van der Waals surface area contributed by atoms with Crippen LogP contribution in [0.4, 0.5) is 5.69 Å². The number of aryl methyl sites for hydroxylation is 2. The van der Waals surface area contributed by atoms with Crippen molar-refractivity contribution in [3.8, 4) is 0 Å². The summed E-state index contributed by atoms with van der Waals surface area (Å²) in [7, 11) is 0. The van der Waals surface area contributed by atoms with Crippen LogP contribution in [-0.4, -0.2) is 15.7 Å². The van der Waals surface area contributed by atoms with Gasteiger partial charge in [0.05, 0.1) is 12.2 Å². The first-order chi connectivity index (χ1) is 10.0. The van der Waals surface area contributed by atoms with Crippen molar-refractivity contribution in [2.45, 2.75) is 33.7 Å². The van der Waals surface area contributed by atoms with Gasteiger partial charge < -0.3 is 5.32 Å². The Labute approximate surface area is 125 Å². The number of anilines is 1. The van der Waals surface area contributed by atoms with Gasteiger partial charge in [-0.05, 0) is 49.9 Å². The van der Waals surface area contributed by atoms with Gasteiger partial charge in [0, 0.05) is 17.3 Å². The maximum absolute atomic E-state index is 12.0. The third kappa shape index (κ3) is 3.15. The van der Waals surface area contributed by atoms with Gasteiger partial charge in [-0.15, -0.1) is 0 Å². The lowest BCUT2D eigenvalue weighted by atomic mass is 10.2. The van der Waals surface area contributed by atoms with Crippen LogP contribution in [0, 0.1) is 25.7 Å². The number of carbonyl (C=O) groups is 1. The van der Waals surface area contributed by atoms with Gasteiger partial charge in [0.25, 0.3) is 0 Å². The summed E-state index contributed by atoms with van der Waals surface area (Å²) < 4.78 is 1.99. The van der Waals surface area contributed by atoms with E-state index in [9.17, 15) is 4.79 Å². The molecule has 4 nitrogen and oxygen atoms in total. The smallest absolute Gasteiger partial charge is 0.227 e. The Kier molecular flexibility index (Phi) is 3.53. The minimum atomic E-state index is 0.144. The fourth-order valence-electron chi connectivity index (χ4n) is 2.68. The molecule has 1 saturated carbocycles. The first-order valence-electron chi connectivity index (χ1n) is 7.44. The summed E-state index contributed by atoms with van der Waals surface area (Å²) in [6, 6.07) is 10.1. The van der Waals surface area contributed by atoms with Crippen LogP contribution in [-0.2, 0) is 11.3 Å². The first kappa shape index (κ1) is 13.9. The van der Waals surface area contributed by atoms with E-state index >= 15 is 0 Å². The Hall–Kier alpha value is -2.10. The zero-order chi connectivity index (χ0) is 15.0. The van der Waals surface area contributed by atoms with Crippen LogP contribution in [0.25, 0.3) is 0 Å². The maximum Gasteiger partial charge on any atom is 0.227 e. The van der Waals surface area contributed by atoms with Crippen molar-refractivity contribution in [2.75, 3.05) is 5.32 Å².